The lowest BCUT2D eigenvalue weighted by atomic mass is 10.1. The van der Waals surface area contributed by atoms with Gasteiger partial charge in [-0.1, -0.05) is 77.3 Å². The first-order valence-corrected chi connectivity index (χ1v) is 11.2. The van der Waals surface area contributed by atoms with Gasteiger partial charge >= 0.3 is 5.97 Å². The molecule has 0 aliphatic heterocycles. The quantitative estimate of drug-likeness (QED) is 0.294. The van der Waals surface area contributed by atoms with Gasteiger partial charge in [0.15, 0.2) is 8.68 Å². The van der Waals surface area contributed by atoms with Gasteiger partial charge < -0.3 is 5.11 Å². The van der Waals surface area contributed by atoms with Crippen molar-refractivity contribution in [3.63, 3.8) is 0 Å². The van der Waals surface area contributed by atoms with Gasteiger partial charge in [0.25, 0.3) is 5.91 Å². The zero-order valence-electron chi connectivity index (χ0n) is 15.0. The van der Waals surface area contributed by atoms with Crippen molar-refractivity contribution in [2.45, 2.75) is 14.4 Å². The number of amides is 1. The SMILES string of the molecule is O=C(CSc1nnc(SCc2ccccc2)s1)N/N=C\c1ccc(C(=O)O)cc1. The van der Waals surface area contributed by atoms with Crippen LogP contribution in [-0.4, -0.2) is 39.1 Å². The summed E-state index contributed by atoms with van der Waals surface area (Å²) in [5.41, 5.74) is 4.54. The highest BCUT2D eigenvalue weighted by Gasteiger charge is 2.08. The van der Waals surface area contributed by atoms with Crippen LogP contribution >= 0.6 is 34.9 Å². The second-order valence-electron chi connectivity index (χ2n) is 5.62. The van der Waals surface area contributed by atoms with Gasteiger partial charge in [-0.25, -0.2) is 10.2 Å². The van der Waals surface area contributed by atoms with E-state index in [2.05, 4.69) is 32.9 Å². The molecule has 7 nitrogen and oxygen atoms in total. The van der Waals surface area contributed by atoms with Crippen molar-refractivity contribution in [2.75, 3.05) is 5.75 Å². The van der Waals surface area contributed by atoms with E-state index in [-0.39, 0.29) is 17.2 Å². The Labute approximate surface area is 179 Å². The number of aromatic carboxylic acids is 1. The fourth-order valence-electron chi connectivity index (χ4n) is 2.08. The number of carboxylic acids is 1. The molecule has 3 rings (SSSR count). The van der Waals surface area contributed by atoms with Crippen LogP contribution in [0.2, 0.25) is 0 Å². The van der Waals surface area contributed by atoms with Crippen LogP contribution in [0.4, 0.5) is 0 Å². The molecule has 0 saturated heterocycles. The van der Waals surface area contributed by atoms with Gasteiger partial charge in [-0.05, 0) is 23.3 Å². The van der Waals surface area contributed by atoms with E-state index in [0.29, 0.717) is 5.56 Å². The third-order valence-electron chi connectivity index (χ3n) is 3.48. The summed E-state index contributed by atoms with van der Waals surface area (Å²) in [7, 11) is 0. The maximum absolute atomic E-state index is 11.9. The Hall–Kier alpha value is -2.69. The monoisotopic (exact) mass is 444 g/mol. The normalized spacial score (nSPS) is 10.9. The number of carbonyl (C=O) groups excluding carboxylic acids is 1. The molecule has 148 valence electrons. The van der Waals surface area contributed by atoms with Crippen molar-refractivity contribution in [2.24, 2.45) is 5.10 Å². The van der Waals surface area contributed by atoms with Gasteiger partial charge in [0, 0.05) is 5.75 Å². The van der Waals surface area contributed by atoms with E-state index < -0.39 is 5.97 Å². The van der Waals surface area contributed by atoms with Gasteiger partial charge in [0.1, 0.15) is 0 Å². The van der Waals surface area contributed by atoms with Crippen LogP contribution in [0.5, 0.6) is 0 Å². The number of nitrogens with zero attached hydrogens (tertiary/aromatic N) is 3. The summed E-state index contributed by atoms with van der Waals surface area (Å²) in [4.78, 5) is 22.7. The first-order chi connectivity index (χ1) is 14.1. The van der Waals surface area contributed by atoms with Crippen LogP contribution < -0.4 is 5.43 Å². The van der Waals surface area contributed by atoms with E-state index in [1.165, 1.54) is 47.0 Å². The predicted octanol–water partition coefficient (Wildman–Crippen LogP) is 3.77. The number of hydrogen-bond acceptors (Lipinski definition) is 8. The van der Waals surface area contributed by atoms with Gasteiger partial charge in [-0.2, -0.15) is 5.10 Å². The van der Waals surface area contributed by atoms with E-state index in [4.69, 9.17) is 5.11 Å². The predicted molar refractivity (Wildman–Crippen MR) is 116 cm³/mol. The summed E-state index contributed by atoms with van der Waals surface area (Å²) < 4.78 is 1.59. The largest absolute Gasteiger partial charge is 0.478 e. The van der Waals surface area contributed by atoms with Crippen molar-refractivity contribution in [1.29, 1.82) is 0 Å². The lowest BCUT2D eigenvalue weighted by molar-refractivity contribution is -0.118. The lowest BCUT2D eigenvalue weighted by Gasteiger charge is -1.98. The average molecular weight is 445 g/mol. The first kappa shape index (κ1) is 21.0. The number of rotatable bonds is 9. The summed E-state index contributed by atoms with van der Waals surface area (Å²) in [5, 5.41) is 21.0. The molecular weight excluding hydrogens is 428 g/mol. The maximum Gasteiger partial charge on any atom is 0.335 e. The fraction of sp³-hybridized carbons (Fsp3) is 0.105. The Morgan fingerprint density at radius 3 is 2.41 bits per heavy atom. The minimum Gasteiger partial charge on any atom is -0.478 e. The van der Waals surface area contributed by atoms with Crippen molar-refractivity contribution < 1.29 is 14.7 Å². The van der Waals surface area contributed by atoms with Crippen molar-refractivity contribution >= 4 is 53.0 Å². The van der Waals surface area contributed by atoms with Crippen LogP contribution in [-0.2, 0) is 10.5 Å². The zero-order chi connectivity index (χ0) is 20.5. The second-order valence-corrected chi connectivity index (χ2v) is 9.04. The molecular formula is C19H16N4O3S3. The van der Waals surface area contributed by atoms with Crippen molar-refractivity contribution in [3.05, 3.63) is 71.3 Å². The smallest absolute Gasteiger partial charge is 0.335 e. The van der Waals surface area contributed by atoms with Gasteiger partial charge in [-0.15, -0.1) is 10.2 Å². The van der Waals surface area contributed by atoms with E-state index in [9.17, 15) is 9.59 Å². The number of hydrogen-bond donors (Lipinski definition) is 2. The van der Waals surface area contributed by atoms with Gasteiger partial charge in [0.2, 0.25) is 0 Å². The molecule has 1 heterocycles. The molecule has 0 saturated carbocycles. The number of thioether (sulfide) groups is 2. The summed E-state index contributed by atoms with van der Waals surface area (Å²) in [6.07, 6.45) is 1.46. The van der Waals surface area contributed by atoms with Crippen LogP contribution in [0.1, 0.15) is 21.5 Å². The number of benzene rings is 2. The maximum atomic E-state index is 11.9. The molecule has 0 spiro atoms. The molecule has 29 heavy (non-hydrogen) atoms. The first-order valence-electron chi connectivity index (χ1n) is 8.38. The average Bonchev–Trinajstić information content (AvgIpc) is 3.20. The molecule has 1 amide bonds. The molecule has 0 radical (unpaired) electrons. The molecule has 2 aromatic carbocycles. The Morgan fingerprint density at radius 1 is 1.03 bits per heavy atom. The number of aromatic nitrogens is 2. The third-order valence-corrected chi connectivity index (χ3v) is 6.74. The van der Waals surface area contributed by atoms with Crippen LogP contribution in [0.15, 0.2) is 68.4 Å². The van der Waals surface area contributed by atoms with E-state index in [1.54, 1.807) is 23.9 Å². The topological polar surface area (TPSA) is 105 Å². The molecule has 0 unspecified atom stereocenters. The number of carboxylic acid groups (broad SMARTS) is 1. The molecule has 0 atom stereocenters. The molecule has 0 bridgehead atoms. The van der Waals surface area contributed by atoms with Crippen LogP contribution in [0.25, 0.3) is 0 Å². The Morgan fingerprint density at radius 2 is 1.72 bits per heavy atom. The Balaban J connectivity index is 1.40. The van der Waals surface area contributed by atoms with E-state index in [1.807, 2.05) is 18.2 Å². The van der Waals surface area contributed by atoms with Crippen molar-refractivity contribution in [1.82, 2.24) is 15.6 Å². The fourth-order valence-corrected chi connectivity index (χ4v) is 4.85. The minimum absolute atomic E-state index is 0.174. The van der Waals surface area contributed by atoms with E-state index >= 15 is 0 Å². The number of nitrogens with one attached hydrogen (secondary N) is 1. The van der Waals surface area contributed by atoms with Crippen molar-refractivity contribution in [3.8, 4) is 0 Å². The summed E-state index contributed by atoms with van der Waals surface area (Å²) >= 11 is 4.37. The molecule has 10 heteroatoms. The van der Waals surface area contributed by atoms with Crippen LogP contribution in [0.3, 0.4) is 0 Å². The third kappa shape index (κ3) is 7.00. The van der Waals surface area contributed by atoms with Crippen LogP contribution in [0, 0.1) is 0 Å². The highest BCUT2D eigenvalue weighted by atomic mass is 32.2. The summed E-state index contributed by atoms with van der Waals surface area (Å²) in [6.45, 7) is 0. The van der Waals surface area contributed by atoms with Gasteiger partial charge in [-0.3, -0.25) is 4.79 Å². The second kappa shape index (κ2) is 10.7. The molecule has 0 fully saturated rings. The Bertz CT molecular complexity index is 991. The Kier molecular flexibility index (Phi) is 7.79. The highest BCUT2D eigenvalue weighted by molar-refractivity contribution is 8.03. The zero-order valence-corrected chi connectivity index (χ0v) is 17.5. The lowest BCUT2D eigenvalue weighted by Crippen LogP contribution is -2.19. The molecule has 0 aliphatic carbocycles. The standard InChI is InChI=1S/C19H16N4O3S3/c24-16(21-20-10-13-6-8-15(9-7-13)17(25)26)12-28-19-23-22-18(29-19)27-11-14-4-2-1-3-5-14/h1-10H,11-12H2,(H,21,24)(H,25,26)/b20-10-. The van der Waals surface area contributed by atoms with Gasteiger partial charge in [0.05, 0.1) is 17.5 Å². The highest BCUT2D eigenvalue weighted by Crippen LogP contribution is 2.30. The minimum atomic E-state index is -0.989. The molecule has 0 aliphatic rings. The summed E-state index contributed by atoms with van der Waals surface area (Å²) in [6, 6.07) is 16.3. The number of carbonyl (C=O) groups is 2. The summed E-state index contributed by atoms with van der Waals surface area (Å²) in [5.74, 6) is -0.255. The molecule has 3 aromatic rings. The number of hydrazone groups is 1. The van der Waals surface area contributed by atoms with E-state index in [0.717, 1.165) is 14.4 Å². The molecule has 2 N–H and O–H groups in total. The molecule has 1 aromatic heterocycles.